The number of hydrogen-bond acceptors (Lipinski definition) is 4. The third-order valence-electron chi connectivity index (χ3n) is 4.29. The normalized spacial score (nSPS) is 23.7. The molecule has 0 aromatic rings. The van der Waals surface area contributed by atoms with E-state index in [0.29, 0.717) is 12.0 Å². The van der Waals surface area contributed by atoms with Gasteiger partial charge in [0.2, 0.25) is 0 Å². The molecule has 2 unspecified atom stereocenters. The van der Waals surface area contributed by atoms with Crippen LogP contribution in [0.15, 0.2) is 0 Å². The van der Waals surface area contributed by atoms with Crippen molar-refractivity contribution in [1.29, 1.82) is 0 Å². The van der Waals surface area contributed by atoms with Crippen molar-refractivity contribution in [3.63, 3.8) is 0 Å². The van der Waals surface area contributed by atoms with Gasteiger partial charge in [-0.2, -0.15) is 11.8 Å². The van der Waals surface area contributed by atoms with Crippen LogP contribution in [0.3, 0.4) is 0 Å². The number of hydrogen-bond donors (Lipinski definition) is 1. The highest BCUT2D eigenvalue weighted by molar-refractivity contribution is 7.99. The number of thioether (sulfide) groups is 1. The van der Waals surface area contributed by atoms with Gasteiger partial charge in [-0.3, -0.25) is 10.1 Å². The van der Waals surface area contributed by atoms with Gasteiger partial charge in [0.1, 0.15) is 5.54 Å². The lowest BCUT2D eigenvalue weighted by molar-refractivity contribution is -0.148. The summed E-state index contributed by atoms with van der Waals surface area (Å²) in [5, 5.41) is 3.61. The van der Waals surface area contributed by atoms with Gasteiger partial charge in [-0.15, -0.1) is 0 Å². The van der Waals surface area contributed by atoms with E-state index in [1.165, 1.54) is 39.2 Å². The van der Waals surface area contributed by atoms with E-state index in [0.717, 1.165) is 17.4 Å². The van der Waals surface area contributed by atoms with Crippen LogP contribution in [0.4, 0.5) is 0 Å². The van der Waals surface area contributed by atoms with E-state index in [1.54, 1.807) is 0 Å². The Balaban J connectivity index is 1.96. The molecule has 0 amide bonds. The molecule has 0 aromatic heterocycles. The Labute approximate surface area is 121 Å². The number of nitrogens with one attached hydrogen (secondary N) is 1. The van der Waals surface area contributed by atoms with Crippen LogP contribution in [-0.2, 0) is 9.53 Å². The Bertz CT molecular complexity index is 315. The van der Waals surface area contributed by atoms with Crippen LogP contribution in [0, 0.1) is 11.8 Å². The highest BCUT2D eigenvalue weighted by Gasteiger charge is 2.53. The first kappa shape index (κ1) is 15.2. The van der Waals surface area contributed by atoms with Crippen molar-refractivity contribution in [3.05, 3.63) is 0 Å². The molecule has 19 heavy (non-hydrogen) atoms. The summed E-state index contributed by atoms with van der Waals surface area (Å²) >= 11 is 1.91. The van der Waals surface area contributed by atoms with E-state index in [2.05, 4.69) is 19.2 Å². The van der Waals surface area contributed by atoms with Crippen LogP contribution in [0.25, 0.3) is 0 Å². The molecule has 4 heteroatoms. The number of carbonyl (C=O) groups excluding carboxylic acids is 1. The molecule has 2 saturated carbocycles. The molecule has 0 bridgehead atoms. The standard InChI is InChI=1S/C15H27NO2S/c1-4-11(2)9-19-10-15(12-5-6-12,14(17)18-3)16-13-7-8-13/h11-13,16H,4-10H2,1-3H3. The molecule has 0 aromatic carbocycles. The zero-order valence-electron chi connectivity index (χ0n) is 12.4. The van der Waals surface area contributed by atoms with Gasteiger partial charge < -0.3 is 4.74 Å². The second-order valence-electron chi connectivity index (χ2n) is 6.18. The van der Waals surface area contributed by atoms with Gasteiger partial charge >= 0.3 is 5.97 Å². The van der Waals surface area contributed by atoms with Crippen molar-refractivity contribution in [2.75, 3.05) is 18.6 Å². The maximum atomic E-state index is 12.3. The summed E-state index contributed by atoms with van der Waals surface area (Å²) in [5.74, 6) is 3.17. The van der Waals surface area contributed by atoms with Crippen molar-refractivity contribution in [1.82, 2.24) is 5.32 Å². The molecule has 0 saturated heterocycles. The fraction of sp³-hybridized carbons (Fsp3) is 0.933. The molecule has 0 spiro atoms. The first-order valence-electron chi connectivity index (χ1n) is 7.56. The molecule has 2 atom stereocenters. The Kier molecular flexibility index (Phi) is 5.18. The highest BCUT2D eigenvalue weighted by Crippen LogP contribution is 2.44. The first-order valence-corrected chi connectivity index (χ1v) is 8.71. The Hall–Kier alpha value is -0.220. The minimum atomic E-state index is -0.409. The molecule has 1 N–H and O–H groups in total. The molecule has 2 rings (SSSR count). The molecule has 2 fully saturated rings. The van der Waals surface area contributed by atoms with Crippen molar-refractivity contribution in [2.45, 2.75) is 57.5 Å². The van der Waals surface area contributed by atoms with E-state index in [-0.39, 0.29) is 5.97 Å². The molecule has 0 heterocycles. The average molecular weight is 285 g/mol. The molecular formula is C15H27NO2S. The smallest absolute Gasteiger partial charge is 0.327 e. The number of rotatable bonds is 9. The molecule has 110 valence electrons. The van der Waals surface area contributed by atoms with Gasteiger partial charge in [0.05, 0.1) is 7.11 Å². The van der Waals surface area contributed by atoms with Crippen LogP contribution >= 0.6 is 11.8 Å². The summed E-state index contributed by atoms with van der Waals surface area (Å²) in [6.45, 7) is 4.50. The monoisotopic (exact) mass is 285 g/mol. The van der Waals surface area contributed by atoms with E-state index in [4.69, 9.17) is 4.74 Å². The van der Waals surface area contributed by atoms with Crippen LogP contribution in [-0.4, -0.2) is 36.2 Å². The van der Waals surface area contributed by atoms with Crippen LogP contribution in [0.5, 0.6) is 0 Å². The van der Waals surface area contributed by atoms with Crippen LogP contribution in [0.1, 0.15) is 46.0 Å². The Morgan fingerprint density at radius 1 is 1.42 bits per heavy atom. The lowest BCUT2D eigenvalue weighted by Crippen LogP contribution is -2.57. The number of methoxy groups -OCH3 is 1. The van der Waals surface area contributed by atoms with Crippen LogP contribution in [0.2, 0.25) is 0 Å². The predicted molar refractivity (Wildman–Crippen MR) is 80.4 cm³/mol. The van der Waals surface area contributed by atoms with Crippen molar-refractivity contribution >= 4 is 17.7 Å². The minimum absolute atomic E-state index is 0.0430. The largest absolute Gasteiger partial charge is 0.468 e. The van der Waals surface area contributed by atoms with E-state index in [1.807, 2.05) is 11.8 Å². The second-order valence-corrected chi connectivity index (χ2v) is 7.21. The number of esters is 1. The fourth-order valence-electron chi connectivity index (χ4n) is 2.45. The van der Waals surface area contributed by atoms with Gasteiger partial charge in [-0.25, -0.2) is 0 Å². The Morgan fingerprint density at radius 3 is 2.58 bits per heavy atom. The summed E-state index contributed by atoms with van der Waals surface area (Å²) in [5.41, 5.74) is -0.409. The fourth-order valence-corrected chi connectivity index (χ4v) is 3.97. The van der Waals surface area contributed by atoms with E-state index >= 15 is 0 Å². The highest BCUT2D eigenvalue weighted by atomic mass is 32.2. The quantitative estimate of drug-likeness (QED) is 0.661. The number of ether oxygens (including phenoxy) is 1. The average Bonchev–Trinajstić information content (AvgIpc) is 3.28. The molecule has 2 aliphatic carbocycles. The van der Waals surface area contributed by atoms with Gasteiger partial charge in [-0.05, 0) is 43.3 Å². The van der Waals surface area contributed by atoms with Gasteiger partial charge in [0, 0.05) is 11.8 Å². The molecular weight excluding hydrogens is 258 g/mol. The summed E-state index contributed by atoms with van der Waals surface area (Å²) in [7, 11) is 1.52. The van der Waals surface area contributed by atoms with Crippen molar-refractivity contribution in [2.24, 2.45) is 11.8 Å². The van der Waals surface area contributed by atoms with Gasteiger partial charge in [-0.1, -0.05) is 20.3 Å². The van der Waals surface area contributed by atoms with Crippen molar-refractivity contribution in [3.8, 4) is 0 Å². The lowest BCUT2D eigenvalue weighted by atomic mass is 9.95. The summed E-state index contributed by atoms with van der Waals surface area (Å²) in [4.78, 5) is 12.3. The zero-order chi connectivity index (χ0) is 13.9. The molecule has 3 nitrogen and oxygen atoms in total. The molecule has 2 aliphatic rings. The third-order valence-corrected chi connectivity index (χ3v) is 5.76. The maximum Gasteiger partial charge on any atom is 0.327 e. The van der Waals surface area contributed by atoms with Gasteiger partial charge in [0.15, 0.2) is 0 Å². The van der Waals surface area contributed by atoms with Crippen molar-refractivity contribution < 1.29 is 9.53 Å². The van der Waals surface area contributed by atoms with E-state index < -0.39 is 5.54 Å². The third kappa shape index (κ3) is 3.88. The first-order chi connectivity index (χ1) is 9.12. The molecule has 0 aliphatic heterocycles. The maximum absolute atomic E-state index is 12.3. The topological polar surface area (TPSA) is 38.3 Å². The summed E-state index contributed by atoms with van der Waals surface area (Å²) in [6, 6.07) is 0.545. The predicted octanol–water partition coefficient (Wildman–Crippen LogP) is 2.84. The van der Waals surface area contributed by atoms with Crippen LogP contribution < -0.4 is 5.32 Å². The summed E-state index contributed by atoms with van der Waals surface area (Å²) < 4.78 is 5.11. The minimum Gasteiger partial charge on any atom is -0.468 e. The zero-order valence-corrected chi connectivity index (χ0v) is 13.2. The van der Waals surface area contributed by atoms with Gasteiger partial charge in [0.25, 0.3) is 0 Å². The SMILES string of the molecule is CCC(C)CSCC(NC1CC1)(C(=O)OC)C1CC1. The lowest BCUT2D eigenvalue weighted by Gasteiger charge is -2.32. The summed E-state index contributed by atoms with van der Waals surface area (Å²) in [6.07, 6.45) is 5.96. The number of carbonyl (C=O) groups is 1. The second kappa shape index (κ2) is 6.49. The Morgan fingerprint density at radius 2 is 2.11 bits per heavy atom. The van der Waals surface area contributed by atoms with E-state index in [9.17, 15) is 4.79 Å². The molecule has 0 radical (unpaired) electrons.